The van der Waals surface area contributed by atoms with Crippen LogP contribution < -0.4 is 4.72 Å². The summed E-state index contributed by atoms with van der Waals surface area (Å²) >= 11 is 0. The number of sulfonamides is 1. The Bertz CT molecular complexity index is 814. The second-order valence-electron chi connectivity index (χ2n) is 6.82. The molecule has 0 radical (unpaired) electrons. The van der Waals surface area contributed by atoms with E-state index in [0.717, 1.165) is 23.9 Å². The molecule has 1 atom stereocenters. The monoisotopic (exact) mass is 362 g/mol. The molecule has 0 spiro atoms. The second kappa shape index (κ2) is 7.83. The van der Waals surface area contributed by atoms with Crippen LogP contribution in [0.1, 0.15) is 13.8 Å². The summed E-state index contributed by atoms with van der Waals surface area (Å²) in [6.45, 7) is 7.78. The molecule has 0 bridgehead atoms. The lowest BCUT2D eigenvalue weighted by Crippen LogP contribution is -2.51. The summed E-state index contributed by atoms with van der Waals surface area (Å²) in [6.07, 6.45) is 0. The van der Waals surface area contributed by atoms with Crippen molar-refractivity contribution in [3.63, 3.8) is 0 Å². The number of nitrogens with zero attached hydrogens (tertiary/aromatic N) is 1. The van der Waals surface area contributed by atoms with E-state index >= 15 is 0 Å². The molecule has 0 unspecified atom stereocenters. The van der Waals surface area contributed by atoms with E-state index in [1.165, 1.54) is 0 Å². The Hall–Kier alpha value is -1.47. The van der Waals surface area contributed by atoms with Crippen LogP contribution in [-0.4, -0.2) is 52.2 Å². The van der Waals surface area contributed by atoms with Gasteiger partial charge in [0.15, 0.2) is 0 Å². The van der Waals surface area contributed by atoms with Gasteiger partial charge in [0.25, 0.3) is 0 Å². The minimum Gasteiger partial charge on any atom is -0.379 e. The molecule has 1 saturated heterocycles. The molecule has 2 aromatic rings. The number of rotatable bonds is 6. The highest BCUT2D eigenvalue weighted by Crippen LogP contribution is 2.19. The summed E-state index contributed by atoms with van der Waals surface area (Å²) in [5.41, 5.74) is 0. The van der Waals surface area contributed by atoms with Gasteiger partial charge in [-0.05, 0) is 28.8 Å². The van der Waals surface area contributed by atoms with Gasteiger partial charge < -0.3 is 4.74 Å². The number of hydrogen-bond donors (Lipinski definition) is 1. The highest BCUT2D eigenvalue weighted by molar-refractivity contribution is 7.89. The van der Waals surface area contributed by atoms with Gasteiger partial charge in [-0.3, -0.25) is 4.90 Å². The number of hydrogen-bond acceptors (Lipinski definition) is 4. The summed E-state index contributed by atoms with van der Waals surface area (Å²) in [5, 5.41) is 1.97. The molecule has 6 heteroatoms. The van der Waals surface area contributed by atoms with Gasteiger partial charge in [0.1, 0.15) is 0 Å². The standard InChI is InChI=1S/C19H26N2O3S/c1-15(2)19(21-9-11-24-12-10-21)14-20-25(22,23)18-8-7-16-5-3-4-6-17(16)13-18/h3-8,13,15,19-20H,9-12,14H2,1-2H3/t19-/m0/s1. The van der Waals surface area contributed by atoms with Gasteiger partial charge in [-0.2, -0.15) is 0 Å². The number of fused-ring (bicyclic) bond motifs is 1. The number of morpholine rings is 1. The van der Waals surface area contributed by atoms with Crippen LogP contribution in [0.3, 0.4) is 0 Å². The average Bonchev–Trinajstić information content (AvgIpc) is 2.62. The summed E-state index contributed by atoms with van der Waals surface area (Å²) in [7, 11) is -3.53. The summed E-state index contributed by atoms with van der Waals surface area (Å²) in [4.78, 5) is 2.63. The van der Waals surface area contributed by atoms with Crippen LogP contribution in [-0.2, 0) is 14.8 Å². The van der Waals surface area contributed by atoms with Gasteiger partial charge >= 0.3 is 0 Å². The van der Waals surface area contributed by atoms with Crippen LogP contribution in [0.25, 0.3) is 10.8 Å². The van der Waals surface area contributed by atoms with Crippen molar-refractivity contribution < 1.29 is 13.2 Å². The maximum absolute atomic E-state index is 12.7. The van der Waals surface area contributed by atoms with E-state index in [1.807, 2.05) is 30.3 Å². The van der Waals surface area contributed by atoms with Gasteiger partial charge in [-0.15, -0.1) is 0 Å². The third kappa shape index (κ3) is 4.39. The normalized spacial score (nSPS) is 17.9. The minimum atomic E-state index is -3.53. The third-order valence-corrected chi connectivity index (χ3v) is 6.22. The second-order valence-corrected chi connectivity index (χ2v) is 8.59. The Kier molecular flexibility index (Phi) is 5.74. The average molecular weight is 362 g/mol. The molecule has 0 aliphatic carbocycles. The van der Waals surface area contributed by atoms with Crippen molar-refractivity contribution in [3.05, 3.63) is 42.5 Å². The van der Waals surface area contributed by atoms with E-state index in [1.54, 1.807) is 12.1 Å². The first-order valence-electron chi connectivity index (χ1n) is 8.77. The van der Waals surface area contributed by atoms with E-state index in [0.29, 0.717) is 30.6 Å². The maximum Gasteiger partial charge on any atom is 0.240 e. The van der Waals surface area contributed by atoms with Crippen LogP contribution >= 0.6 is 0 Å². The van der Waals surface area contributed by atoms with Gasteiger partial charge in [0, 0.05) is 25.7 Å². The fraction of sp³-hybridized carbons (Fsp3) is 0.474. The van der Waals surface area contributed by atoms with E-state index in [9.17, 15) is 8.42 Å². The van der Waals surface area contributed by atoms with Crippen molar-refractivity contribution in [1.82, 2.24) is 9.62 Å². The molecule has 0 saturated carbocycles. The van der Waals surface area contributed by atoms with Gasteiger partial charge in [-0.1, -0.05) is 44.2 Å². The molecule has 5 nitrogen and oxygen atoms in total. The van der Waals surface area contributed by atoms with Crippen molar-refractivity contribution in [2.75, 3.05) is 32.8 Å². The SMILES string of the molecule is CC(C)[C@H](CNS(=O)(=O)c1ccc2ccccc2c1)N1CCOCC1. The van der Waals surface area contributed by atoms with Crippen molar-refractivity contribution in [3.8, 4) is 0 Å². The van der Waals surface area contributed by atoms with Crippen LogP contribution in [0.2, 0.25) is 0 Å². The Morgan fingerprint density at radius 1 is 1.08 bits per heavy atom. The lowest BCUT2D eigenvalue weighted by atomic mass is 10.0. The van der Waals surface area contributed by atoms with Crippen molar-refractivity contribution in [2.45, 2.75) is 24.8 Å². The maximum atomic E-state index is 12.7. The van der Waals surface area contributed by atoms with Crippen LogP contribution in [0, 0.1) is 5.92 Å². The fourth-order valence-electron chi connectivity index (χ4n) is 3.31. The summed E-state index contributed by atoms with van der Waals surface area (Å²) in [5.74, 6) is 0.359. The van der Waals surface area contributed by atoms with Crippen LogP contribution in [0.15, 0.2) is 47.4 Å². The molecule has 1 aliphatic heterocycles. The Morgan fingerprint density at radius 2 is 1.76 bits per heavy atom. The Labute approximate surface area is 150 Å². The zero-order chi connectivity index (χ0) is 17.9. The first-order chi connectivity index (χ1) is 12.0. The Morgan fingerprint density at radius 3 is 2.44 bits per heavy atom. The molecule has 0 amide bonds. The van der Waals surface area contributed by atoms with E-state index < -0.39 is 10.0 Å². The number of ether oxygens (including phenoxy) is 1. The fourth-order valence-corrected chi connectivity index (χ4v) is 4.39. The molecular formula is C19H26N2O3S. The quantitative estimate of drug-likeness (QED) is 0.858. The van der Waals surface area contributed by atoms with Crippen molar-refractivity contribution in [2.24, 2.45) is 5.92 Å². The minimum absolute atomic E-state index is 0.166. The van der Waals surface area contributed by atoms with Crippen LogP contribution in [0.5, 0.6) is 0 Å². The predicted molar refractivity (Wildman–Crippen MR) is 100 cm³/mol. The zero-order valence-corrected chi connectivity index (χ0v) is 15.6. The molecule has 25 heavy (non-hydrogen) atoms. The zero-order valence-electron chi connectivity index (χ0n) is 14.8. The van der Waals surface area contributed by atoms with Gasteiger partial charge in [-0.25, -0.2) is 13.1 Å². The summed E-state index contributed by atoms with van der Waals surface area (Å²) in [6, 6.07) is 13.2. The molecule has 136 valence electrons. The van der Waals surface area contributed by atoms with Crippen molar-refractivity contribution in [1.29, 1.82) is 0 Å². The first-order valence-corrected chi connectivity index (χ1v) is 10.3. The molecule has 3 rings (SSSR count). The van der Waals surface area contributed by atoms with Crippen LogP contribution in [0.4, 0.5) is 0 Å². The topological polar surface area (TPSA) is 58.6 Å². The first kappa shape index (κ1) is 18.3. The number of benzene rings is 2. The largest absolute Gasteiger partial charge is 0.379 e. The predicted octanol–water partition coefficient (Wildman–Crippen LogP) is 2.47. The molecule has 1 fully saturated rings. The summed E-state index contributed by atoms with van der Waals surface area (Å²) < 4.78 is 33.7. The highest BCUT2D eigenvalue weighted by Gasteiger charge is 2.26. The highest BCUT2D eigenvalue weighted by atomic mass is 32.2. The lowest BCUT2D eigenvalue weighted by molar-refractivity contribution is 0.00776. The molecule has 0 aromatic heterocycles. The molecular weight excluding hydrogens is 336 g/mol. The van der Waals surface area contributed by atoms with Crippen molar-refractivity contribution >= 4 is 20.8 Å². The smallest absolute Gasteiger partial charge is 0.240 e. The molecule has 1 aliphatic rings. The van der Waals surface area contributed by atoms with Gasteiger partial charge in [0.2, 0.25) is 10.0 Å². The molecule has 2 aromatic carbocycles. The lowest BCUT2D eigenvalue weighted by Gasteiger charge is -2.36. The number of nitrogens with one attached hydrogen (secondary N) is 1. The van der Waals surface area contributed by atoms with E-state index in [2.05, 4.69) is 23.5 Å². The third-order valence-electron chi connectivity index (χ3n) is 4.80. The molecule has 1 heterocycles. The van der Waals surface area contributed by atoms with E-state index in [4.69, 9.17) is 4.74 Å². The molecule has 1 N–H and O–H groups in total. The Balaban J connectivity index is 1.74. The van der Waals surface area contributed by atoms with E-state index in [-0.39, 0.29) is 6.04 Å². The van der Waals surface area contributed by atoms with Gasteiger partial charge in [0.05, 0.1) is 18.1 Å².